The molecule has 0 atom stereocenters. The molecule has 4 rings (SSSR count). The standard InChI is InChI=1S/C15H13N7O3/c23-13-8(14(24)19-6-18-13)4-16-7-1-2-9-10(3-7)22-12-11(21-9)15(25)20-5-17-12/h1-4,16H,5-6H2,(H,17,22)(H,18,23)(H,19,24)(H,20,25). The Bertz CT molecular complexity index is 936. The van der Waals surface area contributed by atoms with Gasteiger partial charge in [0.1, 0.15) is 5.57 Å². The molecule has 25 heavy (non-hydrogen) atoms. The van der Waals surface area contributed by atoms with Gasteiger partial charge >= 0.3 is 0 Å². The van der Waals surface area contributed by atoms with Crippen molar-refractivity contribution in [3.05, 3.63) is 35.7 Å². The number of anilines is 2. The molecule has 1 aromatic heterocycles. The molecule has 0 radical (unpaired) electrons. The van der Waals surface area contributed by atoms with Crippen molar-refractivity contribution in [1.29, 1.82) is 0 Å². The number of carbonyl (C=O) groups is 3. The molecule has 0 saturated carbocycles. The number of carbonyl (C=O) groups excluding carboxylic acids is 3. The summed E-state index contributed by atoms with van der Waals surface area (Å²) in [5.74, 6) is -0.746. The van der Waals surface area contributed by atoms with Gasteiger partial charge in [0.2, 0.25) is 0 Å². The number of hydrogen-bond acceptors (Lipinski definition) is 7. The zero-order valence-corrected chi connectivity index (χ0v) is 12.8. The lowest BCUT2D eigenvalue weighted by molar-refractivity contribution is -0.126. The van der Waals surface area contributed by atoms with Gasteiger partial charge in [0, 0.05) is 11.9 Å². The molecule has 2 aromatic rings. The summed E-state index contributed by atoms with van der Waals surface area (Å²) in [7, 11) is 0. The van der Waals surface area contributed by atoms with Gasteiger partial charge in [0.15, 0.2) is 11.5 Å². The Morgan fingerprint density at radius 3 is 2.40 bits per heavy atom. The molecule has 0 unspecified atom stereocenters. The lowest BCUT2D eigenvalue weighted by Crippen LogP contribution is -2.47. The Morgan fingerprint density at radius 1 is 0.880 bits per heavy atom. The first kappa shape index (κ1) is 14.9. The van der Waals surface area contributed by atoms with Crippen molar-refractivity contribution in [3.63, 3.8) is 0 Å². The second-order valence-corrected chi connectivity index (χ2v) is 5.37. The third-order valence-corrected chi connectivity index (χ3v) is 3.75. The summed E-state index contributed by atoms with van der Waals surface area (Å²) < 4.78 is 0. The fourth-order valence-corrected chi connectivity index (χ4v) is 2.50. The predicted molar refractivity (Wildman–Crippen MR) is 88.4 cm³/mol. The molecule has 126 valence electrons. The molecule has 1 fully saturated rings. The van der Waals surface area contributed by atoms with Gasteiger partial charge in [-0.15, -0.1) is 0 Å². The zero-order valence-electron chi connectivity index (χ0n) is 12.8. The minimum atomic E-state index is -0.443. The smallest absolute Gasteiger partial charge is 0.275 e. The molecule has 2 aliphatic heterocycles. The Kier molecular flexibility index (Phi) is 3.42. The molecule has 0 aliphatic carbocycles. The van der Waals surface area contributed by atoms with Crippen LogP contribution in [-0.4, -0.2) is 41.0 Å². The summed E-state index contributed by atoms with van der Waals surface area (Å²) in [4.78, 5) is 43.8. The van der Waals surface area contributed by atoms with Crippen LogP contribution in [-0.2, 0) is 9.59 Å². The lowest BCUT2D eigenvalue weighted by atomic mass is 10.2. The highest BCUT2D eigenvalue weighted by Crippen LogP contribution is 2.21. The molecule has 3 amide bonds. The van der Waals surface area contributed by atoms with Gasteiger partial charge in [-0.05, 0) is 18.2 Å². The van der Waals surface area contributed by atoms with Gasteiger partial charge in [0.25, 0.3) is 17.7 Å². The van der Waals surface area contributed by atoms with E-state index in [4.69, 9.17) is 0 Å². The van der Waals surface area contributed by atoms with Crippen LogP contribution in [0.1, 0.15) is 10.5 Å². The van der Waals surface area contributed by atoms with Crippen LogP contribution in [0.5, 0.6) is 0 Å². The summed E-state index contributed by atoms with van der Waals surface area (Å²) in [6.45, 7) is 0.409. The quantitative estimate of drug-likeness (QED) is 0.358. The van der Waals surface area contributed by atoms with Crippen LogP contribution >= 0.6 is 0 Å². The molecular weight excluding hydrogens is 326 g/mol. The third-order valence-electron chi connectivity index (χ3n) is 3.75. The second-order valence-electron chi connectivity index (χ2n) is 5.37. The van der Waals surface area contributed by atoms with E-state index in [2.05, 4.69) is 36.6 Å². The highest BCUT2D eigenvalue weighted by molar-refractivity contribution is 6.20. The molecular formula is C15H13N7O3. The predicted octanol–water partition coefficient (Wildman–Crippen LogP) is -0.758. The van der Waals surface area contributed by atoms with E-state index in [1.54, 1.807) is 18.2 Å². The molecule has 3 heterocycles. The summed E-state index contributed by atoms with van der Waals surface area (Å²) >= 11 is 0. The second kappa shape index (κ2) is 5.74. The Hall–Kier alpha value is -3.69. The van der Waals surface area contributed by atoms with Crippen LogP contribution in [0.25, 0.3) is 11.0 Å². The van der Waals surface area contributed by atoms with E-state index in [1.165, 1.54) is 6.20 Å². The number of hydrogen-bond donors (Lipinski definition) is 5. The topological polar surface area (TPSA) is 137 Å². The number of benzene rings is 1. The molecule has 0 spiro atoms. The summed E-state index contributed by atoms with van der Waals surface area (Å²) in [6.07, 6.45) is 1.34. The minimum absolute atomic E-state index is 0.0128. The number of nitrogens with one attached hydrogen (secondary N) is 5. The van der Waals surface area contributed by atoms with Crippen LogP contribution < -0.4 is 26.6 Å². The number of rotatable bonds is 2. The van der Waals surface area contributed by atoms with Crippen LogP contribution in [0.2, 0.25) is 0 Å². The van der Waals surface area contributed by atoms with Gasteiger partial charge in [-0.3, -0.25) is 14.4 Å². The SMILES string of the molecule is O=C1NCNC(=O)C1=CNc1ccc2nc3c(nc2c1)NCNC3=O. The van der Waals surface area contributed by atoms with Crippen molar-refractivity contribution in [2.45, 2.75) is 0 Å². The summed E-state index contributed by atoms with van der Waals surface area (Å²) in [5.41, 5.74) is 1.99. The average Bonchev–Trinajstić information content (AvgIpc) is 2.60. The van der Waals surface area contributed by atoms with Gasteiger partial charge < -0.3 is 26.6 Å². The molecule has 10 nitrogen and oxygen atoms in total. The monoisotopic (exact) mass is 339 g/mol. The number of amides is 3. The molecule has 10 heteroatoms. The van der Waals surface area contributed by atoms with Crippen LogP contribution in [0.15, 0.2) is 30.0 Å². The van der Waals surface area contributed by atoms with E-state index in [0.717, 1.165) is 0 Å². The van der Waals surface area contributed by atoms with Crippen molar-refractivity contribution in [2.75, 3.05) is 24.0 Å². The minimum Gasteiger partial charge on any atom is -0.361 e. The summed E-state index contributed by atoms with van der Waals surface area (Å²) in [6, 6.07) is 5.13. The van der Waals surface area contributed by atoms with Crippen molar-refractivity contribution in [3.8, 4) is 0 Å². The maximum Gasteiger partial charge on any atom is 0.275 e. The Morgan fingerprint density at radius 2 is 1.60 bits per heavy atom. The van der Waals surface area contributed by atoms with Gasteiger partial charge in [-0.2, -0.15) is 0 Å². The van der Waals surface area contributed by atoms with Crippen molar-refractivity contribution in [1.82, 2.24) is 25.9 Å². The third kappa shape index (κ3) is 2.69. The van der Waals surface area contributed by atoms with E-state index in [-0.39, 0.29) is 23.8 Å². The highest BCUT2D eigenvalue weighted by Gasteiger charge is 2.22. The molecule has 0 bridgehead atoms. The van der Waals surface area contributed by atoms with Crippen LogP contribution in [0, 0.1) is 0 Å². The van der Waals surface area contributed by atoms with Crippen LogP contribution in [0.4, 0.5) is 11.5 Å². The normalized spacial score (nSPS) is 16.3. The van der Waals surface area contributed by atoms with Crippen molar-refractivity contribution < 1.29 is 14.4 Å². The number of fused-ring (bicyclic) bond motifs is 2. The van der Waals surface area contributed by atoms with Crippen LogP contribution in [0.3, 0.4) is 0 Å². The van der Waals surface area contributed by atoms with Gasteiger partial charge in [0.05, 0.1) is 24.4 Å². The molecule has 5 N–H and O–H groups in total. The number of aromatic nitrogens is 2. The highest BCUT2D eigenvalue weighted by atomic mass is 16.2. The zero-order chi connectivity index (χ0) is 17.4. The Balaban J connectivity index is 1.65. The first-order valence-electron chi connectivity index (χ1n) is 7.49. The van der Waals surface area contributed by atoms with Crippen molar-refractivity contribution >= 4 is 40.3 Å². The summed E-state index contributed by atoms with van der Waals surface area (Å²) in [5, 5.41) is 13.5. The van der Waals surface area contributed by atoms with E-state index in [1.807, 2.05) is 0 Å². The fourth-order valence-electron chi connectivity index (χ4n) is 2.50. The molecule has 1 aromatic carbocycles. The van der Waals surface area contributed by atoms with E-state index < -0.39 is 11.8 Å². The van der Waals surface area contributed by atoms with Crippen molar-refractivity contribution in [2.24, 2.45) is 0 Å². The first-order valence-corrected chi connectivity index (χ1v) is 7.49. The van der Waals surface area contributed by atoms with Gasteiger partial charge in [-0.1, -0.05) is 0 Å². The molecule has 2 aliphatic rings. The fraction of sp³-hybridized carbons (Fsp3) is 0.133. The van der Waals surface area contributed by atoms with E-state index >= 15 is 0 Å². The van der Waals surface area contributed by atoms with Gasteiger partial charge in [-0.25, -0.2) is 9.97 Å². The maximum atomic E-state index is 11.8. The maximum absolute atomic E-state index is 11.8. The number of nitrogens with zero attached hydrogens (tertiary/aromatic N) is 2. The van der Waals surface area contributed by atoms with E-state index in [0.29, 0.717) is 29.2 Å². The first-order chi connectivity index (χ1) is 12.1. The molecule has 1 saturated heterocycles. The largest absolute Gasteiger partial charge is 0.361 e. The Labute approximate surface area is 141 Å². The average molecular weight is 339 g/mol. The lowest BCUT2D eigenvalue weighted by Gasteiger charge is -2.17. The van der Waals surface area contributed by atoms with E-state index in [9.17, 15) is 14.4 Å².